The highest BCUT2D eigenvalue weighted by atomic mass is 28.3. The summed E-state index contributed by atoms with van der Waals surface area (Å²) in [4.78, 5) is 11.8. The lowest BCUT2D eigenvalue weighted by atomic mass is 9.94. The van der Waals surface area contributed by atoms with Crippen molar-refractivity contribution in [2.45, 2.75) is 64.1 Å². The fraction of sp³-hybridized carbons (Fsp3) is 0.909. The minimum Gasteiger partial charge on any atom is -0.408 e. The minimum absolute atomic E-state index is 0.351. The van der Waals surface area contributed by atoms with Crippen LogP contribution in [0.25, 0.3) is 0 Å². The molecule has 1 unspecified atom stereocenters. The fourth-order valence-electron chi connectivity index (χ4n) is 2.26. The van der Waals surface area contributed by atoms with Crippen LogP contribution in [0.5, 0.6) is 0 Å². The maximum Gasteiger partial charge on any atom is 0.172 e. The summed E-state index contributed by atoms with van der Waals surface area (Å²) in [5.74, 6) is 0.368. The molecule has 0 spiro atoms. The Kier molecular flexibility index (Phi) is 4.32. The minimum atomic E-state index is -1.09. The zero-order valence-corrected chi connectivity index (χ0v) is 10.8. The van der Waals surface area contributed by atoms with E-state index in [1.807, 2.05) is 0 Å². The molecule has 0 heterocycles. The maximum atomic E-state index is 11.8. The average molecular weight is 214 g/mol. The Bertz CT molecular complexity index is 203. The van der Waals surface area contributed by atoms with E-state index in [1.54, 1.807) is 0 Å². The van der Waals surface area contributed by atoms with Gasteiger partial charge in [0.05, 0.1) is 0 Å². The quantitative estimate of drug-likeness (QED) is 0.658. The zero-order chi connectivity index (χ0) is 10.6. The Morgan fingerprint density at radius 3 is 2.64 bits per heavy atom. The summed E-state index contributed by atoms with van der Waals surface area (Å²) in [6.45, 7) is 6.47. The van der Waals surface area contributed by atoms with Crippen molar-refractivity contribution in [3.8, 4) is 0 Å². The highest BCUT2D eigenvalue weighted by Gasteiger charge is 2.42. The standard InChI is InChI=1S/C11H22O2Si/c1-4-5-8-11(13-14(2)3)9-6-7-10(11)12/h14H,4-9H2,1-3H3. The molecule has 1 aliphatic carbocycles. The predicted octanol–water partition coefficient (Wildman–Crippen LogP) is 2.67. The molecule has 1 aliphatic rings. The molecule has 3 heteroatoms. The number of ketones is 1. The summed E-state index contributed by atoms with van der Waals surface area (Å²) in [6.07, 6.45) is 5.96. The van der Waals surface area contributed by atoms with Gasteiger partial charge in [-0.3, -0.25) is 4.79 Å². The Hall–Kier alpha value is -0.153. The van der Waals surface area contributed by atoms with Gasteiger partial charge in [-0.2, -0.15) is 0 Å². The Morgan fingerprint density at radius 2 is 2.21 bits per heavy atom. The van der Waals surface area contributed by atoms with Crippen molar-refractivity contribution in [1.82, 2.24) is 0 Å². The first-order valence-corrected chi connectivity index (χ1v) is 8.60. The number of carbonyl (C=O) groups excluding carboxylic acids is 1. The van der Waals surface area contributed by atoms with Crippen molar-refractivity contribution >= 4 is 14.8 Å². The number of hydrogen-bond acceptors (Lipinski definition) is 2. The predicted molar refractivity (Wildman–Crippen MR) is 61.1 cm³/mol. The van der Waals surface area contributed by atoms with Crippen LogP contribution in [0.4, 0.5) is 0 Å². The SMILES string of the molecule is CCCCC1(O[SiH](C)C)CCCC1=O. The van der Waals surface area contributed by atoms with Gasteiger partial charge in [-0.05, 0) is 32.4 Å². The van der Waals surface area contributed by atoms with E-state index in [0.717, 1.165) is 38.5 Å². The van der Waals surface area contributed by atoms with Crippen molar-refractivity contribution in [1.29, 1.82) is 0 Å². The third-order valence-corrected chi connectivity index (χ3v) is 3.81. The summed E-state index contributed by atoms with van der Waals surface area (Å²) in [5.41, 5.74) is -0.351. The van der Waals surface area contributed by atoms with E-state index in [0.29, 0.717) is 5.78 Å². The van der Waals surface area contributed by atoms with E-state index >= 15 is 0 Å². The molecule has 2 nitrogen and oxygen atoms in total. The van der Waals surface area contributed by atoms with E-state index in [-0.39, 0.29) is 5.60 Å². The second-order valence-corrected chi connectivity index (χ2v) is 6.87. The Labute approximate surface area is 88.8 Å². The third-order valence-electron chi connectivity index (χ3n) is 2.89. The van der Waals surface area contributed by atoms with Gasteiger partial charge >= 0.3 is 0 Å². The van der Waals surface area contributed by atoms with Crippen molar-refractivity contribution in [2.75, 3.05) is 0 Å². The summed E-state index contributed by atoms with van der Waals surface area (Å²) in [6, 6.07) is 0. The lowest BCUT2D eigenvalue weighted by Gasteiger charge is -2.30. The van der Waals surface area contributed by atoms with Crippen LogP contribution >= 0.6 is 0 Å². The number of unbranched alkanes of at least 4 members (excludes halogenated alkanes) is 1. The molecule has 1 fully saturated rings. The van der Waals surface area contributed by atoms with Gasteiger partial charge in [0.15, 0.2) is 14.8 Å². The van der Waals surface area contributed by atoms with Gasteiger partial charge in [-0.25, -0.2) is 0 Å². The molecule has 0 aromatic carbocycles. The summed E-state index contributed by atoms with van der Waals surface area (Å²) in [5, 5.41) is 0. The maximum absolute atomic E-state index is 11.8. The normalized spacial score (nSPS) is 27.6. The number of rotatable bonds is 5. The second-order valence-electron chi connectivity index (χ2n) is 4.54. The van der Waals surface area contributed by atoms with Crippen molar-refractivity contribution in [2.24, 2.45) is 0 Å². The highest BCUT2D eigenvalue weighted by Crippen LogP contribution is 2.35. The third kappa shape index (κ3) is 2.67. The molecule has 1 saturated carbocycles. The first-order chi connectivity index (χ1) is 6.60. The van der Waals surface area contributed by atoms with E-state index in [4.69, 9.17) is 4.43 Å². The molecule has 0 aromatic rings. The fourth-order valence-corrected chi connectivity index (χ4v) is 3.53. The van der Waals surface area contributed by atoms with Crippen LogP contribution in [0.3, 0.4) is 0 Å². The lowest BCUT2D eigenvalue weighted by Crippen LogP contribution is -2.40. The molecule has 14 heavy (non-hydrogen) atoms. The first-order valence-electron chi connectivity index (χ1n) is 5.82. The molecule has 0 aliphatic heterocycles. The highest BCUT2D eigenvalue weighted by molar-refractivity contribution is 6.48. The second kappa shape index (κ2) is 5.08. The van der Waals surface area contributed by atoms with E-state index in [2.05, 4.69) is 20.0 Å². The molecular weight excluding hydrogens is 192 g/mol. The van der Waals surface area contributed by atoms with Crippen molar-refractivity contribution in [3.05, 3.63) is 0 Å². The van der Waals surface area contributed by atoms with Gasteiger partial charge in [-0.1, -0.05) is 19.8 Å². The molecule has 0 amide bonds. The molecule has 0 bridgehead atoms. The van der Waals surface area contributed by atoms with Crippen LogP contribution in [0.2, 0.25) is 13.1 Å². The molecule has 0 N–H and O–H groups in total. The van der Waals surface area contributed by atoms with Gasteiger partial charge in [0.1, 0.15) is 5.60 Å². The Morgan fingerprint density at radius 1 is 1.50 bits per heavy atom. The lowest BCUT2D eigenvalue weighted by molar-refractivity contribution is -0.131. The molecule has 1 rings (SSSR count). The number of carbonyl (C=O) groups is 1. The van der Waals surface area contributed by atoms with Crippen molar-refractivity contribution < 1.29 is 9.22 Å². The van der Waals surface area contributed by atoms with Crippen LogP contribution in [0.15, 0.2) is 0 Å². The van der Waals surface area contributed by atoms with Gasteiger partial charge in [0.2, 0.25) is 0 Å². The molecule has 0 radical (unpaired) electrons. The Balaban J connectivity index is 2.63. The average Bonchev–Trinajstić information content (AvgIpc) is 2.44. The monoisotopic (exact) mass is 214 g/mol. The topological polar surface area (TPSA) is 26.3 Å². The molecule has 82 valence electrons. The van der Waals surface area contributed by atoms with Gasteiger partial charge in [0.25, 0.3) is 0 Å². The number of Topliss-reactive ketones (excluding diaryl/α,β-unsaturated/α-hetero) is 1. The number of hydrogen-bond donors (Lipinski definition) is 0. The van der Waals surface area contributed by atoms with E-state index in [1.165, 1.54) is 0 Å². The molecule has 1 atom stereocenters. The molecular formula is C11H22O2Si. The summed E-state index contributed by atoms with van der Waals surface area (Å²) < 4.78 is 6.00. The van der Waals surface area contributed by atoms with Gasteiger partial charge in [0, 0.05) is 6.42 Å². The summed E-state index contributed by atoms with van der Waals surface area (Å²) >= 11 is 0. The van der Waals surface area contributed by atoms with Crippen LogP contribution in [0, 0.1) is 0 Å². The van der Waals surface area contributed by atoms with Gasteiger partial charge < -0.3 is 4.43 Å². The smallest absolute Gasteiger partial charge is 0.172 e. The van der Waals surface area contributed by atoms with E-state index in [9.17, 15) is 4.79 Å². The summed E-state index contributed by atoms with van der Waals surface area (Å²) in [7, 11) is -1.09. The molecule has 0 saturated heterocycles. The van der Waals surface area contributed by atoms with E-state index < -0.39 is 9.04 Å². The van der Waals surface area contributed by atoms with Crippen LogP contribution in [-0.4, -0.2) is 20.4 Å². The zero-order valence-electron chi connectivity index (χ0n) is 9.64. The largest absolute Gasteiger partial charge is 0.408 e. The van der Waals surface area contributed by atoms with Crippen LogP contribution in [-0.2, 0) is 9.22 Å². The van der Waals surface area contributed by atoms with Crippen molar-refractivity contribution in [3.63, 3.8) is 0 Å². The van der Waals surface area contributed by atoms with Crippen LogP contribution in [0.1, 0.15) is 45.4 Å². The molecule has 0 aromatic heterocycles. The first kappa shape index (κ1) is 11.9. The van der Waals surface area contributed by atoms with Gasteiger partial charge in [-0.15, -0.1) is 0 Å². The van der Waals surface area contributed by atoms with Crippen LogP contribution < -0.4 is 0 Å².